The zero-order chi connectivity index (χ0) is 22.1. The van der Waals surface area contributed by atoms with Crippen LogP contribution in [0.4, 0.5) is 4.39 Å². The Balaban J connectivity index is 1.52. The second kappa shape index (κ2) is 8.03. The molecule has 156 valence electrons. The molecule has 1 N–H and O–H groups in total. The highest BCUT2D eigenvalue weighted by Crippen LogP contribution is 2.27. The molecule has 5 rings (SSSR count). The summed E-state index contributed by atoms with van der Waals surface area (Å²) in [7, 11) is 1.61. The highest BCUT2D eigenvalue weighted by Gasteiger charge is 2.11. The number of nitrogens with one attached hydrogen (secondary N) is 1. The van der Waals surface area contributed by atoms with Gasteiger partial charge in [0, 0.05) is 35.5 Å². The van der Waals surface area contributed by atoms with Gasteiger partial charge in [-0.2, -0.15) is 5.10 Å². The summed E-state index contributed by atoms with van der Waals surface area (Å²) in [6.07, 6.45) is 5.23. The quantitative estimate of drug-likeness (QED) is 0.458. The second-order valence-corrected chi connectivity index (χ2v) is 7.25. The molecule has 3 aromatic heterocycles. The summed E-state index contributed by atoms with van der Waals surface area (Å²) in [5.41, 5.74) is 6.29. The van der Waals surface area contributed by atoms with Crippen molar-refractivity contribution in [3.05, 3.63) is 96.7 Å². The molecule has 0 saturated heterocycles. The molecule has 0 radical (unpaired) electrons. The Kier molecular flexibility index (Phi) is 4.91. The van der Waals surface area contributed by atoms with Gasteiger partial charge < -0.3 is 5.32 Å². The molecule has 0 aliphatic carbocycles. The van der Waals surface area contributed by atoms with Crippen molar-refractivity contribution in [2.24, 2.45) is 0 Å². The highest BCUT2D eigenvalue weighted by atomic mass is 19.1. The summed E-state index contributed by atoms with van der Waals surface area (Å²) in [5, 5.41) is 7.22. The monoisotopic (exact) mass is 423 g/mol. The molecular weight excluding hydrogens is 405 g/mol. The van der Waals surface area contributed by atoms with Crippen molar-refractivity contribution in [1.29, 1.82) is 0 Å². The molecule has 0 saturated carbocycles. The molecule has 2 aromatic carbocycles. The first-order valence-corrected chi connectivity index (χ1v) is 10.0. The number of carbonyl (C=O) groups excluding carboxylic acids is 1. The Morgan fingerprint density at radius 1 is 0.875 bits per heavy atom. The fraction of sp³-hybridized carbons (Fsp3) is 0.0400. The van der Waals surface area contributed by atoms with E-state index in [2.05, 4.69) is 20.4 Å². The van der Waals surface area contributed by atoms with Crippen molar-refractivity contribution >= 4 is 11.6 Å². The van der Waals surface area contributed by atoms with E-state index >= 15 is 0 Å². The molecule has 0 spiro atoms. The largest absolute Gasteiger partial charge is 0.355 e. The molecule has 3 heterocycles. The molecule has 0 aliphatic heterocycles. The number of aromatic nitrogens is 4. The minimum atomic E-state index is -0.285. The first-order valence-electron chi connectivity index (χ1n) is 10.0. The van der Waals surface area contributed by atoms with E-state index in [9.17, 15) is 9.18 Å². The summed E-state index contributed by atoms with van der Waals surface area (Å²) < 4.78 is 15.0. The first-order chi connectivity index (χ1) is 15.6. The maximum absolute atomic E-state index is 13.3. The molecule has 0 atom stereocenters. The van der Waals surface area contributed by atoms with Gasteiger partial charge in [0.1, 0.15) is 5.82 Å². The van der Waals surface area contributed by atoms with Gasteiger partial charge >= 0.3 is 0 Å². The zero-order valence-corrected chi connectivity index (χ0v) is 17.2. The standard InChI is InChI=1S/C25H18FN5O/c1-27-25(32)19-4-2-3-17(11-19)20-13-24-29-15-23(31(24)30-14-20)18-9-10-28-22(12-18)16-5-7-21(26)8-6-16/h2-15H,1H3,(H,27,32). The van der Waals surface area contributed by atoms with Crippen LogP contribution < -0.4 is 5.32 Å². The van der Waals surface area contributed by atoms with E-state index in [4.69, 9.17) is 0 Å². The number of halogens is 1. The van der Waals surface area contributed by atoms with Crippen molar-refractivity contribution in [3.63, 3.8) is 0 Å². The third-order valence-electron chi connectivity index (χ3n) is 5.24. The molecule has 5 aromatic rings. The molecule has 0 bridgehead atoms. The van der Waals surface area contributed by atoms with Crippen LogP contribution in [0.2, 0.25) is 0 Å². The van der Waals surface area contributed by atoms with Crippen LogP contribution in [0.3, 0.4) is 0 Å². The number of hydrogen-bond acceptors (Lipinski definition) is 4. The number of pyridine rings is 1. The molecule has 32 heavy (non-hydrogen) atoms. The van der Waals surface area contributed by atoms with Crippen LogP contribution in [-0.4, -0.2) is 32.5 Å². The van der Waals surface area contributed by atoms with E-state index in [1.165, 1.54) is 12.1 Å². The SMILES string of the molecule is CNC(=O)c1cccc(-c2cnn3c(-c4ccnc(-c5ccc(F)cc5)c4)cnc3c2)c1. The predicted molar refractivity (Wildman–Crippen MR) is 120 cm³/mol. The number of carbonyl (C=O) groups is 1. The lowest BCUT2D eigenvalue weighted by atomic mass is 10.0. The number of rotatable bonds is 4. The van der Waals surface area contributed by atoms with E-state index in [0.717, 1.165) is 33.6 Å². The summed E-state index contributed by atoms with van der Waals surface area (Å²) in [6.45, 7) is 0. The Morgan fingerprint density at radius 3 is 2.53 bits per heavy atom. The van der Waals surface area contributed by atoms with Gasteiger partial charge in [-0.05, 0) is 60.2 Å². The molecule has 0 fully saturated rings. The van der Waals surface area contributed by atoms with Gasteiger partial charge in [-0.25, -0.2) is 13.9 Å². The Bertz CT molecular complexity index is 1440. The maximum Gasteiger partial charge on any atom is 0.251 e. The normalized spacial score (nSPS) is 10.9. The van der Waals surface area contributed by atoms with Crippen LogP contribution in [0.5, 0.6) is 0 Å². The van der Waals surface area contributed by atoms with Crippen molar-refractivity contribution in [3.8, 4) is 33.6 Å². The summed E-state index contributed by atoms with van der Waals surface area (Å²) in [4.78, 5) is 20.9. The third kappa shape index (κ3) is 3.60. The molecule has 6 nitrogen and oxygen atoms in total. The Hall–Kier alpha value is -4.39. The van der Waals surface area contributed by atoms with E-state index in [1.807, 2.05) is 36.4 Å². The van der Waals surface area contributed by atoms with Gasteiger partial charge in [-0.3, -0.25) is 9.78 Å². The first kappa shape index (κ1) is 19.6. The molecule has 0 aliphatic rings. The second-order valence-electron chi connectivity index (χ2n) is 7.25. The van der Waals surface area contributed by atoms with Crippen molar-refractivity contribution in [2.75, 3.05) is 7.05 Å². The molecule has 0 unspecified atom stereocenters. The van der Waals surface area contributed by atoms with Crippen LogP contribution >= 0.6 is 0 Å². The Labute approximate surface area is 183 Å². The van der Waals surface area contributed by atoms with Gasteiger partial charge in [-0.15, -0.1) is 0 Å². The Morgan fingerprint density at radius 2 is 1.72 bits per heavy atom. The van der Waals surface area contributed by atoms with Crippen molar-refractivity contribution < 1.29 is 9.18 Å². The van der Waals surface area contributed by atoms with Crippen molar-refractivity contribution in [2.45, 2.75) is 0 Å². The fourth-order valence-electron chi connectivity index (χ4n) is 3.58. The lowest BCUT2D eigenvalue weighted by molar-refractivity contribution is 0.0963. The van der Waals surface area contributed by atoms with Gasteiger partial charge in [0.2, 0.25) is 0 Å². The lowest BCUT2D eigenvalue weighted by Gasteiger charge is -2.07. The molecular formula is C25H18FN5O. The van der Waals surface area contributed by atoms with Crippen LogP contribution in [0.25, 0.3) is 39.3 Å². The molecule has 7 heteroatoms. The predicted octanol–water partition coefficient (Wildman–Crippen LogP) is 4.62. The van der Waals surface area contributed by atoms with E-state index < -0.39 is 0 Å². The number of benzene rings is 2. The smallest absolute Gasteiger partial charge is 0.251 e. The average molecular weight is 423 g/mol. The summed E-state index contributed by atoms with van der Waals surface area (Å²) in [6, 6.07) is 19.4. The van der Waals surface area contributed by atoms with Gasteiger partial charge in [0.05, 0.1) is 23.8 Å². The van der Waals surface area contributed by atoms with E-state index in [-0.39, 0.29) is 11.7 Å². The van der Waals surface area contributed by atoms with Crippen LogP contribution in [0, 0.1) is 5.82 Å². The molecule has 1 amide bonds. The average Bonchev–Trinajstić information content (AvgIpc) is 3.27. The number of hydrogen-bond donors (Lipinski definition) is 1. The number of fused-ring (bicyclic) bond motifs is 1. The summed E-state index contributed by atoms with van der Waals surface area (Å²) >= 11 is 0. The van der Waals surface area contributed by atoms with Crippen LogP contribution in [-0.2, 0) is 0 Å². The highest BCUT2D eigenvalue weighted by molar-refractivity contribution is 5.95. The van der Waals surface area contributed by atoms with Gasteiger partial charge in [-0.1, -0.05) is 12.1 Å². The minimum Gasteiger partial charge on any atom is -0.355 e. The zero-order valence-electron chi connectivity index (χ0n) is 17.2. The van der Waals surface area contributed by atoms with Crippen LogP contribution in [0.1, 0.15) is 10.4 Å². The van der Waals surface area contributed by atoms with Crippen LogP contribution in [0.15, 0.2) is 85.3 Å². The maximum atomic E-state index is 13.3. The number of nitrogens with zero attached hydrogens (tertiary/aromatic N) is 4. The number of imidazole rings is 1. The van der Waals surface area contributed by atoms with Crippen molar-refractivity contribution in [1.82, 2.24) is 24.9 Å². The van der Waals surface area contributed by atoms with Gasteiger partial charge in [0.15, 0.2) is 5.65 Å². The van der Waals surface area contributed by atoms with E-state index in [0.29, 0.717) is 11.2 Å². The number of amides is 1. The summed E-state index contributed by atoms with van der Waals surface area (Å²) in [5.74, 6) is -0.425. The topological polar surface area (TPSA) is 72.2 Å². The lowest BCUT2D eigenvalue weighted by Crippen LogP contribution is -2.17. The van der Waals surface area contributed by atoms with E-state index in [1.54, 1.807) is 48.4 Å². The fourth-order valence-corrected chi connectivity index (χ4v) is 3.58. The van der Waals surface area contributed by atoms with Gasteiger partial charge in [0.25, 0.3) is 5.91 Å². The minimum absolute atomic E-state index is 0.140. The third-order valence-corrected chi connectivity index (χ3v) is 5.24.